The zero-order valence-electron chi connectivity index (χ0n) is 3.91. The Hall–Kier alpha value is 3.39. The van der Waals surface area contributed by atoms with Crippen molar-refractivity contribution in [1.82, 2.24) is 0 Å². The van der Waals surface area contributed by atoms with Crippen molar-refractivity contribution in [2.75, 3.05) is 0 Å². The summed E-state index contributed by atoms with van der Waals surface area (Å²) >= 11 is 0. The maximum absolute atomic E-state index is 0. The van der Waals surface area contributed by atoms with Crippen LogP contribution < -0.4 is 0 Å². The molecule has 0 aromatic rings. The number of hydrogen-bond acceptors (Lipinski definition) is 0. The quantitative estimate of drug-likeness (QED) is 0.406. The van der Waals surface area contributed by atoms with Crippen molar-refractivity contribution in [3.8, 4) is 0 Å². The van der Waals surface area contributed by atoms with Crippen LogP contribution in [0.25, 0.3) is 0 Å². The second kappa shape index (κ2) is 57.6. The second-order valence-electron chi connectivity index (χ2n) is 0. The monoisotopic (exact) mass is 418 g/mol. The van der Waals surface area contributed by atoms with Crippen molar-refractivity contribution in [2.45, 2.75) is 0 Å². The molecule has 0 aliphatic heterocycles. The van der Waals surface area contributed by atoms with E-state index in [9.17, 15) is 0 Å². The molecule has 0 spiro atoms. The molecular formula is H16S5Sb2. The van der Waals surface area contributed by atoms with Gasteiger partial charge in [-0.1, -0.05) is 0 Å². The molecule has 0 bridgehead atoms. The van der Waals surface area contributed by atoms with Crippen molar-refractivity contribution < 1.29 is 0 Å². The van der Waals surface area contributed by atoms with E-state index in [1.165, 1.54) is 0 Å². The Morgan fingerprint density at radius 1 is 0.286 bits per heavy atom. The molecular weight excluding hydrogens is 404 g/mol. The molecule has 0 nitrogen and oxygen atoms in total. The third-order valence-corrected chi connectivity index (χ3v) is 0. The Morgan fingerprint density at radius 3 is 0.286 bits per heavy atom. The summed E-state index contributed by atoms with van der Waals surface area (Å²) in [5.41, 5.74) is 0. The van der Waals surface area contributed by atoms with Crippen LogP contribution in [-0.4, -0.2) is 48.9 Å². The first kappa shape index (κ1) is 79.8. The predicted molar refractivity (Wildman–Crippen MR) is 71.8 cm³/mol. The zero-order valence-corrected chi connectivity index (χ0v) is 17.0. The van der Waals surface area contributed by atoms with Crippen LogP contribution in [0.4, 0.5) is 0 Å². The molecule has 0 atom stereocenters. The van der Waals surface area contributed by atoms with Crippen molar-refractivity contribution in [1.29, 1.82) is 0 Å². The Bertz CT molecular complexity index is 6.04. The van der Waals surface area contributed by atoms with Gasteiger partial charge in [0.15, 0.2) is 0 Å². The van der Waals surface area contributed by atoms with E-state index in [1.807, 2.05) is 0 Å². The van der Waals surface area contributed by atoms with Crippen LogP contribution in [0.15, 0.2) is 0 Å². The number of hydrogen-bond donors (Lipinski definition) is 0. The van der Waals surface area contributed by atoms with Crippen LogP contribution in [0, 0.1) is 0 Å². The van der Waals surface area contributed by atoms with Gasteiger partial charge >= 0.3 is 48.9 Å². The van der Waals surface area contributed by atoms with E-state index < -0.39 is 0 Å². The van der Waals surface area contributed by atoms with Crippen LogP contribution >= 0.6 is 67.5 Å². The van der Waals surface area contributed by atoms with Gasteiger partial charge in [-0.05, 0) is 0 Å². The fourth-order valence-electron chi connectivity index (χ4n) is 0. The van der Waals surface area contributed by atoms with Gasteiger partial charge in [-0.3, -0.25) is 0 Å². The second-order valence-corrected chi connectivity index (χ2v) is 0. The van der Waals surface area contributed by atoms with Gasteiger partial charge in [0, 0.05) is 0 Å². The third kappa shape index (κ3) is 44.7. The van der Waals surface area contributed by atoms with Crippen molar-refractivity contribution in [3.05, 3.63) is 0 Å². The molecule has 56 valence electrons. The molecule has 0 heterocycles. The summed E-state index contributed by atoms with van der Waals surface area (Å²) in [6, 6.07) is 0. The van der Waals surface area contributed by atoms with Gasteiger partial charge in [-0.25, -0.2) is 0 Å². The molecule has 0 unspecified atom stereocenters. The van der Waals surface area contributed by atoms with Gasteiger partial charge in [0.25, 0.3) is 0 Å². The summed E-state index contributed by atoms with van der Waals surface area (Å²) in [5, 5.41) is 0. The molecule has 0 aromatic heterocycles. The SMILES string of the molecule is S.S.S.S.S.[SbH3].[SbH3]. The zero-order chi connectivity index (χ0) is 0. The van der Waals surface area contributed by atoms with Crippen molar-refractivity contribution in [2.24, 2.45) is 0 Å². The van der Waals surface area contributed by atoms with Gasteiger partial charge in [-0.15, -0.1) is 0 Å². The third-order valence-electron chi connectivity index (χ3n) is 0. The number of rotatable bonds is 0. The van der Waals surface area contributed by atoms with Gasteiger partial charge in [0.05, 0.1) is 0 Å². The molecule has 0 radical (unpaired) electrons. The van der Waals surface area contributed by atoms with E-state index in [0.29, 0.717) is 0 Å². The molecule has 0 saturated heterocycles. The molecule has 7 heteroatoms. The van der Waals surface area contributed by atoms with Crippen LogP contribution in [-0.2, 0) is 0 Å². The summed E-state index contributed by atoms with van der Waals surface area (Å²) in [6.45, 7) is 0. The average Bonchev–Trinajstić information content (AvgIpc) is 0. The standard InChI is InChI=1S/5H2S.2Sb.6H/h5*1H2;;;;;;;;. The molecule has 7 heavy (non-hydrogen) atoms. The van der Waals surface area contributed by atoms with Gasteiger partial charge < -0.3 is 0 Å². The Balaban J connectivity index is 0. The Morgan fingerprint density at radius 2 is 0.286 bits per heavy atom. The van der Waals surface area contributed by atoms with Crippen LogP contribution in [0.2, 0.25) is 0 Å². The molecule has 0 fully saturated rings. The van der Waals surface area contributed by atoms with Crippen LogP contribution in [0.5, 0.6) is 0 Å². The van der Waals surface area contributed by atoms with E-state index in [1.54, 1.807) is 0 Å². The summed E-state index contributed by atoms with van der Waals surface area (Å²) in [5.74, 6) is 0. The average molecular weight is 420 g/mol. The van der Waals surface area contributed by atoms with Crippen molar-refractivity contribution in [3.63, 3.8) is 0 Å². The molecule has 0 N–H and O–H groups in total. The molecule has 0 aliphatic carbocycles. The molecule has 0 aliphatic rings. The van der Waals surface area contributed by atoms with Gasteiger partial charge in [-0.2, -0.15) is 67.5 Å². The van der Waals surface area contributed by atoms with Gasteiger partial charge in [0.1, 0.15) is 0 Å². The Kier molecular flexibility index (Phi) is 656. The fourth-order valence-corrected chi connectivity index (χ4v) is 0. The summed E-state index contributed by atoms with van der Waals surface area (Å²) in [7, 11) is 0. The summed E-state index contributed by atoms with van der Waals surface area (Å²) in [4.78, 5) is 0. The van der Waals surface area contributed by atoms with E-state index in [0.717, 1.165) is 0 Å². The minimum atomic E-state index is 0. The molecule has 0 saturated carbocycles. The van der Waals surface area contributed by atoms with Crippen LogP contribution in [0.1, 0.15) is 0 Å². The topological polar surface area (TPSA) is 0 Å². The first-order valence-electron chi connectivity index (χ1n) is 0. The molecule has 0 aromatic carbocycles. The molecule has 0 rings (SSSR count). The van der Waals surface area contributed by atoms with E-state index >= 15 is 0 Å². The first-order chi connectivity index (χ1) is 0. The summed E-state index contributed by atoms with van der Waals surface area (Å²) < 4.78 is 0. The first-order valence-corrected chi connectivity index (χ1v) is 0. The Labute approximate surface area is 114 Å². The predicted octanol–water partition coefficient (Wildman–Crippen LogP) is -1.80. The van der Waals surface area contributed by atoms with E-state index in [2.05, 4.69) is 0 Å². The molecule has 0 amide bonds. The van der Waals surface area contributed by atoms with Crippen molar-refractivity contribution >= 4 is 116 Å². The fraction of sp³-hybridized carbons (Fsp3) is 0. The maximum atomic E-state index is 0. The van der Waals surface area contributed by atoms with E-state index in [4.69, 9.17) is 0 Å². The van der Waals surface area contributed by atoms with Gasteiger partial charge in [0.2, 0.25) is 0 Å². The normalized spacial score (nSPS) is 0. The van der Waals surface area contributed by atoms with E-state index in [-0.39, 0.29) is 116 Å². The summed E-state index contributed by atoms with van der Waals surface area (Å²) in [6.07, 6.45) is 0. The van der Waals surface area contributed by atoms with Crippen LogP contribution in [0.3, 0.4) is 0 Å². The minimum absolute atomic E-state index is 0.